The van der Waals surface area contributed by atoms with Crippen LogP contribution in [0.3, 0.4) is 0 Å². The first kappa shape index (κ1) is 19.4. The Balaban J connectivity index is 2.17. The van der Waals surface area contributed by atoms with Gasteiger partial charge in [0.15, 0.2) is 8.32 Å². The lowest BCUT2D eigenvalue weighted by molar-refractivity contribution is -0.149. The van der Waals surface area contributed by atoms with Crippen molar-refractivity contribution in [2.45, 2.75) is 64.8 Å². The number of carbonyl (C=O) groups excluding carboxylic acids is 2. The summed E-state index contributed by atoms with van der Waals surface area (Å²) < 4.78 is 11.7. The van der Waals surface area contributed by atoms with Crippen molar-refractivity contribution in [3.05, 3.63) is 12.2 Å². The second-order valence-electron chi connectivity index (χ2n) is 8.68. The van der Waals surface area contributed by atoms with E-state index in [-0.39, 0.29) is 40.8 Å². The van der Waals surface area contributed by atoms with E-state index in [0.717, 1.165) is 19.1 Å². The third-order valence-corrected chi connectivity index (χ3v) is 10.6. The molecule has 2 aliphatic carbocycles. The maximum atomic E-state index is 12.2. The smallest absolute Gasteiger partial charge is 0.309 e. The molecule has 0 saturated heterocycles. The van der Waals surface area contributed by atoms with Gasteiger partial charge in [-0.3, -0.25) is 4.79 Å². The van der Waals surface area contributed by atoms with E-state index >= 15 is 0 Å². The third kappa shape index (κ3) is 3.83. The van der Waals surface area contributed by atoms with Gasteiger partial charge >= 0.3 is 5.97 Å². The molecule has 0 aromatic carbocycles. The number of rotatable bonds is 5. The van der Waals surface area contributed by atoms with Crippen LogP contribution in [-0.4, -0.2) is 33.3 Å². The second-order valence-corrected chi connectivity index (χ2v) is 13.4. The van der Waals surface area contributed by atoms with Crippen LogP contribution < -0.4 is 0 Å². The Morgan fingerprint density at radius 2 is 1.92 bits per heavy atom. The first-order chi connectivity index (χ1) is 11.1. The number of hydrogen-bond acceptors (Lipinski definition) is 4. The number of fused-ring (bicyclic) bond motifs is 2. The summed E-state index contributed by atoms with van der Waals surface area (Å²) in [4.78, 5) is 23.8. The molecule has 0 aliphatic heterocycles. The largest absolute Gasteiger partial charge is 0.466 e. The Kier molecular flexibility index (Phi) is 5.75. The summed E-state index contributed by atoms with van der Waals surface area (Å²) in [6.07, 6.45) is 6.77. The average Bonchev–Trinajstić information content (AvgIpc) is 2.70. The maximum absolute atomic E-state index is 12.2. The molecule has 24 heavy (non-hydrogen) atoms. The van der Waals surface area contributed by atoms with Gasteiger partial charge in [-0.2, -0.15) is 0 Å². The van der Waals surface area contributed by atoms with Crippen LogP contribution in [0.25, 0.3) is 0 Å². The molecule has 0 aromatic rings. The van der Waals surface area contributed by atoms with Crippen LogP contribution in [0.4, 0.5) is 0 Å². The van der Waals surface area contributed by atoms with E-state index in [0.29, 0.717) is 6.61 Å². The van der Waals surface area contributed by atoms with Crippen molar-refractivity contribution in [1.82, 2.24) is 0 Å². The molecule has 2 rings (SSSR count). The van der Waals surface area contributed by atoms with E-state index in [4.69, 9.17) is 9.16 Å². The van der Waals surface area contributed by atoms with Gasteiger partial charge in [-0.25, -0.2) is 0 Å². The van der Waals surface area contributed by atoms with Crippen molar-refractivity contribution < 1.29 is 18.8 Å². The van der Waals surface area contributed by atoms with E-state index in [1.807, 2.05) is 13.0 Å². The van der Waals surface area contributed by atoms with Crippen molar-refractivity contribution in [3.8, 4) is 0 Å². The zero-order valence-corrected chi connectivity index (χ0v) is 16.9. The van der Waals surface area contributed by atoms with E-state index in [2.05, 4.69) is 39.9 Å². The molecule has 1 unspecified atom stereocenters. The number of ether oxygens (including phenoxy) is 1. The van der Waals surface area contributed by atoms with Crippen LogP contribution in [0.15, 0.2) is 12.2 Å². The quantitative estimate of drug-likeness (QED) is 0.325. The zero-order valence-electron chi connectivity index (χ0n) is 15.9. The van der Waals surface area contributed by atoms with Crippen molar-refractivity contribution in [1.29, 1.82) is 0 Å². The van der Waals surface area contributed by atoms with Gasteiger partial charge < -0.3 is 14.0 Å². The van der Waals surface area contributed by atoms with Gasteiger partial charge in [0.2, 0.25) is 0 Å². The van der Waals surface area contributed by atoms with Crippen molar-refractivity contribution in [3.63, 3.8) is 0 Å². The standard InChI is InChI=1S/C19H32O4Si/c1-7-22-18(21)16-11-13-10-14(8-9-15(16)17(13)12-20)23-24(5,6)19(2,3)4/h8-9,12-17H,7,10-11H2,1-6H3/t13-,14-,15+,16?,17+/m1/s1. The molecule has 0 amide bonds. The predicted octanol–water partition coefficient (Wildman–Crippen LogP) is 3.97. The molecule has 0 heterocycles. The van der Waals surface area contributed by atoms with Gasteiger partial charge in [-0.05, 0) is 49.7 Å². The molecule has 5 atom stereocenters. The Morgan fingerprint density at radius 1 is 1.25 bits per heavy atom. The fraction of sp³-hybridized carbons (Fsp3) is 0.789. The van der Waals surface area contributed by atoms with Crippen molar-refractivity contribution >= 4 is 20.6 Å². The first-order valence-corrected chi connectivity index (χ1v) is 12.0. The summed E-state index contributed by atoms with van der Waals surface area (Å²) in [7, 11) is -1.86. The first-order valence-electron chi connectivity index (χ1n) is 9.08. The van der Waals surface area contributed by atoms with Gasteiger partial charge in [0, 0.05) is 5.92 Å². The van der Waals surface area contributed by atoms with E-state index < -0.39 is 8.32 Å². The Morgan fingerprint density at radius 3 is 2.46 bits per heavy atom. The molecule has 5 heteroatoms. The molecule has 2 aliphatic rings. The molecular weight excluding hydrogens is 320 g/mol. The lowest BCUT2D eigenvalue weighted by Gasteiger charge is -2.39. The fourth-order valence-corrected chi connectivity index (χ4v) is 5.00. The molecule has 4 nitrogen and oxygen atoms in total. The zero-order chi connectivity index (χ0) is 18.1. The van der Waals surface area contributed by atoms with E-state index in [1.54, 1.807) is 0 Å². The number of aldehydes is 1. The number of esters is 1. The SMILES string of the molecule is CCOC(=O)C1C[C@H]2C[C@H](O[Si](C)(C)C(C)(C)C)C=C[C@@H]1[C@H]2C=O. The number of allylic oxidation sites excluding steroid dienone is 1. The molecule has 0 radical (unpaired) electrons. The summed E-state index contributed by atoms with van der Waals surface area (Å²) in [6, 6.07) is 0. The Labute approximate surface area is 147 Å². The van der Waals surface area contributed by atoms with Gasteiger partial charge in [0.1, 0.15) is 6.29 Å². The monoisotopic (exact) mass is 352 g/mol. The molecule has 2 bridgehead atoms. The number of carbonyl (C=O) groups is 2. The minimum Gasteiger partial charge on any atom is -0.466 e. The summed E-state index contributed by atoms with van der Waals surface area (Å²) in [5.41, 5.74) is 0. The van der Waals surface area contributed by atoms with Gasteiger partial charge in [-0.1, -0.05) is 32.9 Å². The predicted molar refractivity (Wildman–Crippen MR) is 97.1 cm³/mol. The lowest BCUT2D eigenvalue weighted by atomic mass is 9.88. The maximum Gasteiger partial charge on any atom is 0.309 e. The summed E-state index contributed by atoms with van der Waals surface area (Å²) in [5, 5.41) is 0.156. The van der Waals surface area contributed by atoms with E-state index in [9.17, 15) is 9.59 Å². The molecule has 136 valence electrons. The van der Waals surface area contributed by atoms with Crippen LogP contribution in [0.2, 0.25) is 18.1 Å². The summed E-state index contributed by atoms with van der Waals surface area (Å²) in [5.74, 6) is -0.282. The van der Waals surface area contributed by atoms with E-state index in [1.165, 1.54) is 0 Å². The van der Waals surface area contributed by atoms with Crippen molar-refractivity contribution in [2.75, 3.05) is 6.61 Å². The Bertz CT molecular complexity index is 506. The van der Waals surface area contributed by atoms with Crippen molar-refractivity contribution in [2.24, 2.45) is 23.7 Å². The molecule has 1 saturated carbocycles. The van der Waals surface area contributed by atoms with Gasteiger partial charge in [0.25, 0.3) is 0 Å². The average molecular weight is 353 g/mol. The van der Waals surface area contributed by atoms with Crippen LogP contribution in [-0.2, 0) is 18.8 Å². The highest BCUT2D eigenvalue weighted by molar-refractivity contribution is 6.74. The summed E-state index contributed by atoms with van der Waals surface area (Å²) in [6.45, 7) is 13.4. The topological polar surface area (TPSA) is 52.6 Å². The Hall–Kier alpha value is -0.943. The normalized spacial score (nSPS) is 33.2. The van der Waals surface area contributed by atoms with Crippen LogP contribution in [0, 0.1) is 23.7 Å². The minimum absolute atomic E-state index is 0.0421. The molecule has 0 N–H and O–H groups in total. The highest BCUT2D eigenvalue weighted by Gasteiger charge is 2.48. The highest BCUT2D eigenvalue weighted by atomic mass is 28.4. The number of hydrogen-bond donors (Lipinski definition) is 0. The second kappa shape index (κ2) is 7.12. The molecule has 0 spiro atoms. The van der Waals surface area contributed by atoms with Gasteiger partial charge in [-0.15, -0.1) is 0 Å². The lowest BCUT2D eigenvalue weighted by Crippen LogP contribution is -2.44. The minimum atomic E-state index is -1.86. The molecule has 1 fully saturated rings. The van der Waals surface area contributed by atoms with Crippen LogP contribution >= 0.6 is 0 Å². The molecular formula is C19H32O4Si. The highest BCUT2D eigenvalue weighted by Crippen LogP contribution is 2.47. The van der Waals surface area contributed by atoms with Crippen LogP contribution in [0.1, 0.15) is 40.5 Å². The molecule has 0 aromatic heterocycles. The van der Waals surface area contributed by atoms with Crippen LogP contribution in [0.5, 0.6) is 0 Å². The fourth-order valence-electron chi connectivity index (χ4n) is 3.72. The third-order valence-electron chi connectivity index (χ3n) is 6.09. The summed E-state index contributed by atoms with van der Waals surface area (Å²) >= 11 is 0. The van der Waals surface area contributed by atoms with Gasteiger partial charge in [0.05, 0.1) is 18.6 Å².